The molecule has 1 aromatic heterocycles. The first-order valence-electron chi connectivity index (χ1n) is 8.93. The quantitative estimate of drug-likeness (QED) is 0.789. The van der Waals surface area contributed by atoms with Crippen molar-refractivity contribution in [2.75, 3.05) is 17.7 Å². The van der Waals surface area contributed by atoms with E-state index >= 15 is 0 Å². The van der Waals surface area contributed by atoms with Crippen molar-refractivity contribution in [3.05, 3.63) is 48.2 Å². The van der Waals surface area contributed by atoms with Gasteiger partial charge in [0.2, 0.25) is 0 Å². The summed E-state index contributed by atoms with van der Waals surface area (Å²) >= 11 is 0. The van der Waals surface area contributed by atoms with E-state index in [4.69, 9.17) is 4.74 Å². The van der Waals surface area contributed by atoms with E-state index in [1.54, 1.807) is 25.4 Å². The van der Waals surface area contributed by atoms with Crippen LogP contribution in [0.1, 0.15) is 48.9 Å². The second-order valence-electron chi connectivity index (χ2n) is 6.42. The Morgan fingerprint density at radius 1 is 1.08 bits per heavy atom. The maximum atomic E-state index is 12.4. The highest BCUT2D eigenvalue weighted by Crippen LogP contribution is 2.22. The highest BCUT2D eigenvalue weighted by molar-refractivity contribution is 6.06. The number of carbonyl (C=O) groups excluding carboxylic acids is 1. The second-order valence-corrected chi connectivity index (χ2v) is 6.42. The molecule has 132 valence electrons. The molecule has 5 heteroatoms. The second kappa shape index (κ2) is 8.51. The number of hydrogen-bond acceptors (Lipinski definition) is 4. The zero-order chi connectivity index (χ0) is 17.5. The lowest BCUT2D eigenvalue weighted by atomic mass is 10.1. The minimum atomic E-state index is -0.205. The minimum absolute atomic E-state index is 0.205. The largest absolute Gasteiger partial charge is 0.496 e. The van der Waals surface area contributed by atoms with Crippen LogP contribution in [0, 0.1) is 0 Å². The van der Waals surface area contributed by atoms with Crippen LogP contribution in [0.3, 0.4) is 0 Å². The SMILES string of the molecule is COc1ccccc1C(=O)Nc1ccc(NC2CCCCCC2)nc1. The molecule has 3 rings (SSSR count). The Bertz CT molecular complexity index is 692. The number of rotatable bonds is 5. The van der Waals surface area contributed by atoms with Crippen LogP contribution in [0.5, 0.6) is 5.75 Å². The van der Waals surface area contributed by atoms with Crippen molar-refractivity contribution in [2.45, 2.75) is 44.6 Å². The molecule has 1 saturated carbocycles. The summed E-state index contributed by atoms with van der Waals surface area (Å²) in [6, 6.07) is 11.5. The van der Waals surface area contributed by atoms with E-state index in [0.717, 1.165) is 5.82 Å². The molecule has 0 atom stereocenters. The fourth-order valence-electron chi connectivity index (χ4n) is 3.22. The molecule has 25 heavy (non-hydrogen) atoms. The standard InChI is InChI=1S/C20H25N3O2/c1-25-18-11-7-6-10-17(18)20(24)23-16-12-13-19(21-14-16)22-15-8-4-2-3-5-9-15/h6-7,10-15H,2-5,8-9H2,1H3,(H,21,22)(H,23,24). The molecule has 2 N–H and O–H groups in total. The number of anilines is 2. The van der Waals surface area contributed by atoms with Gasteiger partial charge in [0.05, 0.1) is 24.6 Å². The Balaban J connectivity index is 1.61. The van der Waals surface area contributed by atoms with Crippen LogP contribution in [-0.4, -0.2) is 24.0 Å². The maximum Gasteiger partial charge on any atom is 0.259 e. The third-order valence-corrected chi connectivity index (χ3v) is 4.58. The van der Waals surface area contributed by atoms with Crippen LogP contribution >= 0.6 is 0 Å². The number of benzene rings is 1. The summed E-state index contributed by atoms with van der Waals surface area (Å²) in [7, 11) is 1.56. The molecule has 0 spiro atoms. The molecule has 0 radical (unpaired) electrons. The number of ether oxygens (including phenoxy) is 1. The van der Waals surface area contributed by atoms with Gasteiger partial charge in [-0.05, 0) is 37.1 Å². The average molecular weight is 339 g/mol. The molecular formula is C20H25N3O2. The van der Waals surface area contributed by atoms with E-state index in [1.165, 1.54) is 38.5 Å². The highest BCUT2D eigenvalue weighted by Gasteiger charge is 2.14. The molecule has 1 fully saturated rings. The smallest absolute Gasteiger partial charge is 0.259 e. The van der Waals surface area contributed by atoms with Gasteiger partial charge in [-0.2, -0.15) is 0 Å². The van der Waals surface area contributed by atoms with E-state index in [9.17, 15) is 4.79 Å². The number of aromatic nitrogens is 1. The molecule has 2 aromatic rings. The van der Waals surface area contributed by atoms with Crippen molar-refractivity contribution in [1.82, 2.24) is 4.98 Å². The molecule has 1 aromatic carbocycles. The molecule has 1 amide bonds. The summed E-state index contributed by atoms with van der Waals surface area (Å²) in [5.74, 6) is 1.21. The van der Waals surface area contributed by atoms with Gasteiger partial charge in [-0.3, -0.25) is 4.79 Å². The van der Waals surface area contributed by atoms with E-state index < -0.39 is 0 Å². The molecular weight excluding hydrogens is 314 g/mol. The fourth-order valence-corrected chi connectivity index (χ4v) is 3.22. The van der Waals surface area contributed by atoms with Gasteiger partial charge in [-0.25, -0.2) is 4.98 Å². The van der Waals surface area contributed by atoms with Gasteiger partial charge >= 0.3 is 0 Å². The Kier molecular flexibility index (Phi) is 5.88. The molecule has 0 unspecified atom stereocenters. The number of para-hydroxylation sites is 1. The Morgan fingerprint density at radius 2 is 1.84 bits per heavy atom. The molecule has 0 saturated heterocycles. The third kappa shape index (κ3) is 4.72. The van der Waals surface area contributed by atoms with Crippen LogP contribution in [0.4, 0.5) is 11.5 Å². The summed E-state index contributed by atoms with van der Waals surface area (Å²) in [4.78, 5) is 16.8. The molecule has 0 aliphatic heterocycles. The number of carbonyl (C=O) groups is 1. The first kappa shape index (κ1) is 17.3. The normalized spacial score (nSPS) is 15.2. The molecule has 1 aliphatic carbocycles. The van der Waals surface area contributed by atoms with Crippen molar-refractivity contribution >= 4 is 17.4 Å². The average Bonchev–Trinajstić information content (AvgIpc) is 2.92. The van der Waals surface area contributed by atoms with Crippen molar-refractivity contribution in [1.29, 1.82) is 0 Å². The lowest BCUT2D eigenvalue weighted by molar-refractivity contribution is 0.102. The Hall–Kier alpha value is -2.56. The maximum absolute atomic E-state index is 12.4. The first-order chi connectivity index (χ1) is 12.3. The third-order valence-electron chi connectivity index (χ3n) is 4.58. The summed E-state index contributed by atoms with van der Waals surface area (Å²) < 4.78 is 5.23. The van der Waals surface area contributed by atoms with Gasteiger partial charge in [0.15, 0.2) is 0 Å². The van der Waals surface area contributed by atoms with Gasteiger partial charge in [-0.15, -0.1) is 0 Å². The highest BCUT2D eigenvalue weighted by atomic mass is 16.5. The number of nitrogens with zero attached hydrogens (tertiary/aromatic N) is 1. The fraction of sp³-hybridized carbons (Fsp3) is 0.400. The topological polar surface area (TPSA) is 63.2 Å². The van der Waals surface area contributed by atoms with Crippen LogP contribution in [-0.2, 0) is 0 Å². The van der Waals surface area contributed by atoms with Crippen molar-refractivity contribution in [3.63, 3.8) is 0 Å². The number of pyridine rings is 1. The van der Waals surface area contributed by atoms with Crippen LogP contribution < -0.4 is 15.4 Å². The lowest BCUT2D eigenvalue weighted by Crippen LogP contribution is -2.19. The van der Waals surface area contributed by atoms with Gasteiger partial charge in [0, 0.05) is 6.04 Å². The molecule has 0 bridgehead atoms. The summed E-state index contributed by atoms with van der Waals surface area (Å²) in [6.07, 6.45) is 9.32. The van der Waals surface area contributed by atoms with E-state index in [1.807, 2.05) is 24.3 Å². The monoisotopic (exact) mass is 339 g/mol. The van der Waals surface area contributed by atoms with Gasteiger partial charge in [0.1, 0.15) is 11.6 Å². The zero-order valence-corrected chi connectivity index (χ0v) is 14.6. The van der Waals surface area contributed by atoms with E-state index in [0.29, 0.717) is 23.0 Å². The summed E-state index contributed by atoms with van der Waals surface area (Å²) in [5.41, 5.74) is 1.17. The molecule has 1 heterocycles. The van der Waals surface area contributed by atoms with Crippen molar-refractivity contribution < 1.29 is 9.53 Å². The van der Waals surface area contributed by atoms with Gasteiger partial charge in [-0.1, -0.05) is 37.8 Å². The van der Waals surface area contributed by atoms with Crippen LogP contribution in [0.15, 0.2) is 42.6 Å². The van der Waals surface area contributed by atoms with Crippen molar-refractivity contribution in [3.8, 4) is 5.75 Å². The number of amides is 1. The molecule has 5 nitrogen and oxygen atoms in total. The number of methoxy groups -OCH3 is 1. The molecule has 1 aliphatic rings. The predicted molar refractivity (Wildman–Crippen MR) is 100 cm³/mol. The first-order valence-corrected chi connectivity index (χ1v) is 8.93. The lowest BCUT2D eigenvalue weighted by Gasteiger charge is -2.17. The minimum Gasteiger partial charge on any atom is -0.496 e. The Labute approximate surface area is 148 Å². The Morgan fingerprint density at radius 3 is 2.52 bits per heavy atom. The zero-order valence-electron chi connectivity index (χ0n) is 14.6. The summed E-state index contributed by atoms with van der Waals surface area (Å²) in [6.45, 7) is 0. The van der Waals surface area contributed by atoms with E-state index in [-0.39, 0.29) is 5.91 Å². The summed E-state index contributed by atoms with van der Waals surface area (Å²) in [5, 5.41) is 6.37. The van der Waals surface area contributed by atoms with Gasteiger partial charge in [0.25, 0.3) is 5.91 Å². The van der Waals surface area contributed by atoms with Crippen LogP contribution in [0.2, 0.25) is 0 Å². The number of nitrogens with one attached hydrogen (secondary N) is 2. The van der Waals surface area contributed by atoms with Crippen LogP contribution in [0.25, 0.3) is 0 Å². The predicted octanol–water partition coefficient (Wildman–Crippen LogP) is 4.48. The van der Waals surface area contributed by atoms with Gasteiger partial charge < -0.3 is 15.4 Å². The van der Waals surface area contributed by atoms with E-state index in [2.05, 4.69) is 15.6 Å². The number of hydrogen-bond donors (Lipinski definition) is 2. The van der Waals surface area contributed by atoms with Crippen molar-refractivity contribution in [2.24, 2.45) is 0 Å².